The minimum absolute atomic E-state index is 0.222. The normalized spacial score (nSPS) is 20.9. The quantitative estimate of drug-likeness (QED) is 0.637. The molecule has 146 valence electrons. The zero-order valence-electron chi connectivity index (χ0n) is 15.9. The summed E-state index contributed by atoms with van der Waals surface area (Å²) in [5, 5.41) is 3.20. The van der Waals surface area contributed by atoms with Crippen molar-refractivity contribution in [3.63, 3.8) is 0 Å². The lowest BCUT2D eigenvalue weighted by molar-refractivity contribution is 0.0668. The molecule has 2 unspecified atom stereocenters. The van der Waals surface area contributed by atoms with Crippen molar-refractivity contribution >= 4 is 5.96 Å². The Morgan fingerprint density at radius 2 is 2.11 bits per heavy atom. The van der Waals surface area contributed by atoms with E-state index in [2.05, 4.69) is 57.4 Å². The van der Waals surface area contributed by atoms with Gasteiger partial charge < -0.3 is 10.2 Å². The number of guanidine groups is 1. The molecule has 2 heterocycles. The lowest BCUT2D eigenvalue weighted by Gasteiger charge is -2.40. The zero-order chi connectivity index (χ0) is 19.2. The molecule has 0 bridgehead atoms. The molecule has 0 aliphatic carbocycles. The summed E-state index contributed by atoms with van der Waals surface area (Å²) in [5.41, 5.74) is 1.39. The monoisotopic (exact) mass is 375 g/mol. The van der Waals surface area contributed by atoms with E-state index in [1.54, 1.807) is 7.05 Å². The van der Waals surface area contributed by atoms with Crippen LogP contribution in [0.15, 0.2) is 47.7 Å². The Balaban J connectivity index is 1.64. The van der Waals surface area contributed by atoms with Crippen LogP contribution < -0.4 is 5.32 Å². The lowest BCUT2D eigenvalue weighted by Crippen LogP contribution is -2.48. The van der Waals surface area contributed by atoms with E-state index in [9.17, 15) is 8.78 Å². The van der Waals surface area contributed by atoms with Gasteiger partial charge in [0.1, 0.15) is 5.82 Å². The molecule has 3 rings (SSSR count). The third-order valence-corrected chi connectivity index (χ3v) is 5.36. The van der Waals surface area contributed by atoms with Crippen LogP contribution in [0.1, 0.15) is 43.6 Å². The first kappa shape index (κ1) is 19.3. The third-order valence-electron chi connectivity index (χ3n) is 5.36. The molecule has 0 radical (unpaired) electrons. The number of nitrogens with one attached hydrogen (secondary N) is 1. The van der Waals surface area contributed by atoms with E-state index in [-0.39, 0.29) is 6.54 Å². The topological polar surface area (TPSA) is 45.4 Å². The highest BCUT2D eigenvalue weighted by Gasteiger charge is 2.30. The minimum Gasteiger partial charge on any atom is -0.349 e. The summed E-state index contributed by atoms with van der Waals surface area (Å²) in [6, 6.07) is 10.7. The fourth-order valence-corrected chi connectivity index (χ4v) is 3.93. The smallest absolute Gasteiger partial charge is 0.319 e. The van der Waals surface area contributed by atoms with Crippen LogP contribution in [-0.4, -0.2) is 40.5 Å². The first-order chi connectivity index (χ1) is 13.1. The molecule has 1 aliphatic heterocycles. The van der Waals surface area contributed by atoms with Crippen LogP contribution in [0, 0.1) is 5.92 Å². The van der Waals surface area contributed by atoms with Crippen LogP contribution in [0.5, 0.6) is 0 Å². The summed E-state index contributed by atoms with van der Waals surface area (Å²) >= 11 is 0. The Kier molecular flexibility index (Phi) is 6.42. The average Bonchev–Trinajstić information content (AvgIpc) is 3.18. The van der Waals surface area contributed by atoms with Gasteiger partial charge in [-0.05, 0) is 23.8 Å². The van der Waals surface area contributed by atoms with Gasteiger partial charge in [-0.25, -0.2) is 4.98 Å². The van der Waals surface area contributed by atoms with Gasteiger partial charge in [0.2, 0.25) is 0 Å². The van der Waals surface area contributed by atoms with Crippen molar-refractivity contribution in [3.05, 3.63) is 54.1 Å². The molecule has 1 saturated heterocycles. The van der Waals surface area contributed by atoms with Gasteiger partial charge in [-0.3, -0.25) is 9.56 Å². The fourth-order valence-electron chi connectivity index (χ4n) is 3.93. The van der Waals surface area contributed by atoms with E-state index in [4.69, 9.17) is 0 Å². The first-order valence-corrected chi connectivity index (χ1v) is 9.44. The lowest BCUT2D eigenvalue weighted by atomic mass is 9.79. The zero-order valence-corrected chi connectivity index (χ0v) is 15.9. The summed E-state index contributed by atoms with van der Waals surface area (Å²) < 4.78 is 26.8. The summed E-state index contributed by atoms with van der Waals surface area (Å²) in [6.45, 7) is 1.65. The van der Waals surface area contributed by atoms with Gasteiger partial charge in [0.25, 0.3) is 0 Å². The number of aromatic nitrogens is 2. The van der Waals surface area contributed by atoms with Crippen LogP contribution in [-0.2, 0) is 6.54 Å². The van der Waals surface area contributed by atoms with Crippen molar-refractivity contribution in [2.45, 2.75) is 38.8 Å². The number of aliphatic imine (C=N–C) groups is 1. The maximum Gasteiger partial charge on any atom is 0.319 e. The number of rotatable bonds is 5. The predicted octanol–water partition coefficient (Wildman–Crippen LogP) is 3.87. The molecule has 27 heavy (non-hydrogen) atoms. The van der Waals surface area contributed by atoms with Gasteiger partial charge in [0.05, 0.1) is 6.54 Å². The molecule has 0 spiro atoms. The average molecular weight is 375 g/mol. The molecule has 2 atom stereocenters. The van der Waals surface area contributed by atoms with E-state index in [0.29, 0.717) is 17.7 Å². The minimum atomic E-state index is -2.59. The Labute approximate surface area is 159 Å². The Morgan fingerprint density at radius 3 is 2.78 bits per heavy atom. The number of nitrogens with zero attached hydrogens (tertiary/aromatic N) is 4. The molecule has 1 aliphatic rings. The molecule has 1 aromatic carbocycles. The molecule has 7 heteroatoms. The maximum absolute atomic E-state index is 13.0. The number of benzene rings is 1. The van der Waals surface area contributed by atoms with Crippen LogP contribution in [0.4, 0.5) is 8.78 Å². The Morgan fingerprint density at radius 1 is 1.33 bits per heavy atom. The number of halogens is 2. The maximum atomic E-state index is 13.0. The molecule has 2 aromatic rings. The van der Waals surface area contributed by atoms with Crippen LogP contribution in [0.2, 0.25) is 0 Å². The van der Waals surface area contributed by atoms with Crippen molar-refractivity contribution in [3.8, 4) is 0 Å². The summed E-state index contributed by atoms with van der Waals surface area (Å²) in [6.07, 6.45) is 4.82. The number of hydrogen-bond donors (Lipinski definition) is 1. The molecule has 1 fully saturated rings. The van der Waals surface area contributed by atoms with E-state index >= 15 is 0 Å². The van der Waals surface area contributed by atoms with Crippen molar-refractivity contribution in [2.24, 2.45) is 10.9 Å². The molecular formula is C20H27F2N5. The molecule has 0 amide bonds. The summed E-state index contributed by atoms with van der Waals surface area (Å²) in [5.74, 6) is 2.12. The SMILES string of the molecule is CCC1CN(C(=NC)NCc2nccn2C(F)F)CCC1c1ccccc1. The van der Waals surface area contributed by atoms with Gasteiger partial charge in [0.15, 0.2) is 5.96 Å². The van der Waals surface area contributed by atoms with Gasteiger partial charge >= 0.3 is 6.55 Å². The largest absolute Gasteiger partial charge is 0.349 e. The van der Waals surface area contributed by atoms with Crippen molar-refractivity contribution in [1.82, 2.24) is 19.8 Å². The highest BCUT2D eigenvalue weighted by molar-refractivity contribution is 5.80. The third kappa shape index (κ3) is 4.46. The first-order valence-electron chi connectivity index (χ1n) is 9.44. The molecule has 5 nitrogen and oxygen atoms in total. The van der Waals surface area contributed by atoms with Gasteiger partial charge in [-0.2, -0.15) is 8.78 Å². The van der Waals surface area contributed by atoms with Gasteiger partial charge in [-0.15, -0.1) is 0 Å². The van der Waals surface area contributed by atoms with Crippen LogP contribution in [0.3, 0.4) is 0 Å². The summed E-state index contributed by atoms with van der Waals surface area (Å²) in [4.78, 5) is 10.6. The van der Waals surface area contributed by atoms with Gasteiger partial charge in [-0.1, -0.05) is 43.7 Å². The Bertz CT molecular complexity index is 744. The van der Waals surface area contributed by atoms with Gasteiger partial charge in [0, 0.05) is 32.5 Å². The van der Waals surface area contributed by atoms with E-state index < -0.39 is 6.55 Å². The number of hydrogen-bond acceptors (Lipinski definition) is 2. The van der Waals surface area contributed by atoms with Crippen LogP contribution >= 0.6 is 0 Å². The number of likely N-dealkylation sites (tertiary alicyclic amines) is 1. The summed E-state index contributed by atoms with van der Waals surface area (Å²) in [7, 11) is 1.73. The second-order valence-corrected chi connectivity index (χ2v) is 6.85. The number of alkyl halides is 2. The molecule has 1 aromatic heterocycles. The second kappa shape index (κ2) is 8.97. The van der Waals surface area contributed by atoms with Crippen molar-refractivity contribution in [2.75, 3.05) is 20.1 Å². The van der Waals surface area contributed by atoms with E-state index in [1.165, 1.54) is 18.0 Å². The van der Waals surface area contributed by atoms with Crippen molar-refractivity contribution in [1.29, 1.82) is 0 Å². The van der Waals surface area contributed by atoms with Crippen LogP contribution in [0.25, 0.3) is 0 Å². The molecule has 0 saturated carbocycles. The fraction of sp³-hybridized carbons (Fsp3) is 0.500. The number of imidazole rings is 1. The molecular weight excluding hydrogens is 348 g/mol. The van der Waals surface area contributed by atoms with E-state index in [0.717, 1.165) is 36.5 Å². The highest BCUT2D eigenvalue weighted by Crippen LogP contribution is 2.34. The molecule has 1 N–H and O–H groups in total. The Hall–Kier alpha value is -2.44. The predicted molar refractivity (Wildman–Crippen MR) is 103 cm³/mol. The standard InChI is InChI=1S/C20H27F2N5/c1-3-15-14-26(11-9-17(15)16-7-5-4-6-8-16)20(23-2)25-13-18-24-10-12-27(18)19(21)22/h4-8,10,12,15,17,19H,3,9,11,13-14H2,1-2H3,(H,23,25). The van der Waals surface area contributed by atoms with E-state index in [1.807, 2.05) is 0 Å². The second-order valence-electron chi connectivity index (χ2n) is 6.85. The number of piperidine rings is 1. The van der Waals surface area contributed by atoms with Crippen molar-refractivity contribution < 1.29 is 8.78 Å². The highest BCUT2D eigenvalue weighted by atomic mass is 19.3.